The first-order valence-electron chi connectivity index (χ1n) is 8.84. The van der Waals surface area contributed by atoms with Gasteiger partial charge in [-0.15, -0.1) is 12.4 Å². The zero-order chi connectivity index (χ0) is 17.4. The van der Waals surface area contributed by atoms with Crippen molar-refractivity contribution >= 4 is 12.4 Å². The van der Waals surface area contributed by atoms with Crippen LogP contribution in [-0.4, -0.2) is 42.8 Å². The van der Waals surface area contributed by atoms with Crippen molar-refractivity contribution in [3.63, 3.8) is 0 Å². The summed E-state index contributed by atoms with van der Waals surface area (Å²) in [6.07, 6.45) is 0. The van der Waals surface area contributed by atoms with E-state index in [0.29, 0.717) is 0 Å². The quantitative estimate of drug-likeness (QED) is 0.866. The number of halogens is 1. The molecular formula is C20H35ClN2O. The van der Waals surface area contributed by atoms with E-state index in [1.165, 1.54) is 33.4 Å². The molecule has 24 heavy (non-hydrogen) atoms. The highest BCUT2D eigenvalue weighted by molar-refractivity contribution is 5.85. The number of benzene rings is 1. The molecule has 138 valence electrons. The largest absolute Gasteiger partial charge is 0.396 e. The Morgan fingerprint density at radius 2 is 1.33 bits per heavy atom. The fourth-order valence-corrected chi connectivity index (χ4v) is 4.03. The third kappa shape index (κ3) is 3.80. The predicted octanol–water partition coefficient (Wildman–Crippen LogP) is 3.62. The van der Waals surface area contributed by atoms with E-state index in [1.807, 2.05) is 0 Å². The first kappa shape index (κ1) is 21.4. The Balaban J connectivity index is 0.00000288. The molecule has 2 N–H and O–H groups in total. The third-order valence-corrected chi connectivity index (χ3v) is 6.00. The van der Waals surface area contributed by atoms with Crippen LogP contribution in [0.15, 0.2) is 0 Å². The summed E-state index contributed by atoms with van der Waals surface area (Å²) >= 11 is 0. The molecule has 1 saturated heterocycles. The first-order valence-corrected chi connectivity index (χ1v) is 8.84. The Morgan fingerprint density at radius 3 is 1.75 bits per heavy atom. The smallest absolute Gasteiger partial charge is 0.0500 e. The number of nitrogens with zero attached hydrogens (tertiary/aromatic N) is 1. The first-order chi connectivity index (χ1) is 10.7. The molecule has 0 aromatic heterocycles. The van der Waals surface area contributed by atoms with Crippen molar-refractivity contribution in [1.29, 1.82) is 0 Å². The van der Waals surface area contributed by atoms with Crippen LogP contribution in [0.1, 0.15) is 53.3 Å². The second-order valence-corrected chi connectivity index (χ2v) is 7.87. The molecule has 1 aliphatic rings. The summed E-state index contributed by atoms with van der Waals surface area (Å²) in [6.45, 7) is 19.9. The molecule has 0 aliphatic carbocycles. The Morgan fingerprint density at radius 1 is 0.917 bits per heavy atom. The van der Waals surface area contributed by atoms with E-state index in [2.05, 4.69) is 58.7 Å². The molecule has 4 heteroatoms. The standard InChI is InChI=1S/C20H34N2O.ClH/c1-13-14(2)16(4)18(17(5)15(13)3)19(20(6,7)12-23)22-10-8-21-9-11-22;/h19,21,23H,8-12H2,1-7H3;1H/t19-;/m0./s1. The van der Waals surface area contributed by atoms with Gasteiger partial charge in [-0.3, -0.25) is 4.90 Å². The average Bonchev–Trinajstić information content (AvgIpc) is 2.55. The minimum Gasteiger partial charge on any atom is -0.396 e. The molecule has 0 amide bonds. The van der Waals surface area contributed by atoms with Crippen molar-refractivity contribution in [2.24, 2.45) is 5.41 Å². The Labute approximate surface area is 154 Å². The van der Waals surface area contributed by atoms with Crippen LogP contribution in [0, 0.1) is 40.0 Å². The summed E-state index contributed by atoms with van der Waals surface area (Å²) < 4.78 is 0. The Bertz CT molecular complexity index is 548. The van der Waals surface area contributed by atoms with Crippen molar-refractivity contribution in [2.75, 3.05) is 32.8 Å². The molecule has 2 rings (SSSR count). The molecule has 0 unspecified atom stereocenters. The second kappa shape index (κ2) is 8.18. The van der Waals surface area contributed by atoms with Gasteiger partial charge in [0.05, 0.1) is 0 Å². The maximum atomic E-state index is 10.1. The molecule has 0 bridgehead atoms. The molecule has 1 aromatic carbocycles. The average molecular weight is 355 g/mol. The van der Waals surface area contributed by atoms with Gasteiger partial charge in [0.2, 0.25) is 0 Å². The highest BCUT2D eigenvalue weighted by Crippen LogP contribution is 2.43. The fraction of sp³-hybridized carbons (Fsp3) is 0.700. The van der Waals surface area contributed by atoms with E-state index in [4.69, 9.17) is 0 Å². The van der Waals surface area contributed by atoms with Gasteiger partial charge in [0.25, 0.3) is 0 Å². The molecule has 3 nitrogen and oxygen atoms in total. The number of rotatable bonds is 4. The highest BCUT2D eigenvalue weighted by Gasteiger charge is 2.38. The second-order valence-electron chi connectivity index (χ2n) is 7.87. The van der Waals surface area contributed by atoms with E-state index in [1.54, 1.807) is 0 Å². The normalized spacial score (nSPS) is 17.5. The number of aliphatic hydroxyl groups is 1. The maximum Gasteiger partial charge on any atom is 0.0500 e. The Kier molecular flexibility index (Phi) is 7.30. The topological polar surface area (TPSA) is 35.5 Å². The number of aliphatic hydroxyl groups excluding tert-OH is 1. The fourth-order valence-electron chi connectivity index (χ4n) is 4.03. The van der Waals surface area contributed by atoms with Crippen LogP contribution in [0.4, 0.5) is 0 Å². The van der Waals surface area contributed by atoms with Gasteiger partial charge in [-0.1, -0.05) is 13.8 Å². The summed E-state index contributed by atoms with van der Waals surface area (Å²) in [4.78, 5) is 2.57. The lowest BCUT2D eigenvalue weighted by atomic mass is 9.74. The van der Waals surface area contributed by atoms with E-state index in [-0.39, 0.29) is 30.5 Å². The lowest BCUT2D eigenvalue weighted by Gasteiger charge is -2.45. The third-order valence-electron chi connectivity index (χ3n) is 6.00. The number of piperazine rings is 1. The summed E-state index contributed by atoms with van der Waals surface area (Å²) in [5.41, 5.74) is 8.28. The maximum absolute atomic E-state index is 10.1. The lowest BCUT2D eigenvalue weighted by molar-refractivity contribution is 0.0298. The van der Waals surface area contributed by atoms with Crippen LogP contribution in [0.25, 0.3) is 0 Å². The summed E-state index contributed by atoms with van der Waals surface area (Å²) in [5.74, 6) is 0. The van der Waals surface area contributed by atoms with Crippen LogP contribution in [-0.2, 0) is 0 Å². The highest BCUT2D eigenvalue weighted by atomic mass is 35.5. The monoisotopic (exact) mass is 354 g/mol. The molecule has 0 radical (unpaired) electrons. The minimum absolute atomic E-state index is 0. The summed E-state index contributed by atoms with van der Waals surface area (Å²) in [5, 5.41) is 13.5. The van der Waals surface area contributed by atoms with Gasteiger partial charge >= 0.3 is 0 Å². The van der Waals surface area contributed by atoms with Gasteiger partial charge in [-0.25, -0.2) is 0 Å². The van der Waals surface area contributed by atoms with Gasteiger partial charge < -0.3 is 10.4 Å². The van der Waals surface area contributed by atoms with E-state index in [0.717, 1.165) is 26.2 Å². The van der Waals surface area contributed by atoms with Gasteiger partial charge in [0.15, 0.2) is 0 Å². The predicted molar refractivity (Wildman–Crippen MR) is 105 cm³/mol. The molecule has 1 atom stereocenters. The zero-order valence-corrected chi connectivity index (χ0v) is 17.2. The van der Waals surface area contributed by atoms with Crippen LogP contribution in [0.3, 0.4) is 0 Å². The molecule has 1 aliphatic heterocycles. The number of nitrogens with one attached hydrogen (secondary N) is 1. The van der Waals surface area contributed by atoms with Crippen LogP contribution >= 0.6 is 12.4 Å². The zero-order valence-electron chi connectivity index (χ0n) is 16.4. The summed E-state index contributed by atoms with van der Waals surface area (Å²) in [6, 6.07) is 0.257. The lowest BCUT2D eigenvalue weighted by Crippen LogP contribution is -2.50. The van der Waals surface area contributed by atoms with Crippen molar-refractivity contribution in [3.8, 4) is 0 Å². The van der Waals surface area contributed by atoms with Crippen LogP contribution in [0.5, 0.6) is 0 Å². The van der Waals surface area contributed by atoms with Crippen molar-refractivity contribution in [2.45, 2.75) is 54.5 Å². The van der Waals surface area contributed by atoms with Crippen LogP contribution < -0.4 is 5.32 Å². The number of hydrogen-bond acceptors (Lipinski definition) is 3. The van der Waals surface area contributed by atoms with Gasteiger partial charge in [0, 0.05) is 44.2 Å². The SMILES string of the molecule is Cc1c(C)c(C)c([C@H](N2CCNCC2)C(C)(C)CO)c(C)c1C.Cl. The van der Waals surface area contributed by atoms with Crippen molar-refractivity contribution < 1.29 is 5.11 Å². The summed E-state index contributed by atoms with van der Waals surface area (Å²) in [7, 11) is 0. The van der Waals surface area contributed by atoms with Gasteiger partial charge in [0.1, 0.15) is 0 Å². The number of hydrogen-bond donors (Lipinski definition) is 2. The van der Waals surface area contributed by atoms with E-state index >= 15 is 0 Å². The molecule has 0 spiro atoms. The minimum atomic E-state index is -0.166. The van der Waals surface area contributed by atoms with E-state index < -0.39 is 0 Å². The van der Waals surface area contributed by atoms with Crippen molar-refractivity contribution in [1.82, 2.24) is 10.2 Å². The molecular weight excluding hydrogens is 320 g/mol. The van der Waals surface area contributed by atoms with Gasteiger partial charge in [-0.2, -0.15) is 0 Å². The van der Waals surface area contributed by atoms with Gasteiger partial charge in [-0.05, 0) is 68.0 Å². The van der Waals surface area contributed by atoms with Crippen molar-refractivity contribution in [3.05, 3.63) is 33.4 Å². The molecule has 0 saturated carbocycles. The van der Waals surface area contributed by atoms with Crippen LogP contribution in [0.2, 0.25) is 0 Å². The molecule has 1 heterocycles. The Hall–Kier alpha value is -0.610. The van der Waals surface area contributed by atoms with E-state index in [9.17, 15) is 5.11 Å². The molecule has 1 aromatic rings. The molecule has 1 fully saturated rings.